The Hall–Kier alpha value is -3.52. The predicted octanol–water partition coefficient (Wildman–Crippen LogP) is 4.16. The quantitative estimate of drug-likeness (QED) is 0.216. The molecule has 0 aliphatic carbocycles. The third-order valence-corrected chi connectivity index (χ3v) is 6.87. The summed E-state index contributed by atoms with van der Waals surface area (Å²) in [7, 11) is -2.13. The summed E-state index contributed by atoms with van der Waals surface area (Å²) in [6, 6.07) is 16.5. The van der Waals surface area contributed by atoms with Crippen LogP contribution in [-0.2, 0) is 9.84 Å². The van der Waals surface area contributed by atoms with Gasteiger partial charge in [0.15, 0.2) is 9.84 Å². The molecular formula is C25H23BrN2O6S. The summed E-state index contributed by atoms with van der Waals surface area (Å²) in [4.78, 5) is 12.1. The lowest BCUT2D eigenvalue weighted by atomic mass is 10.1. The number of hydroxylamine groups is 1. The number of methoxy groups -OCH3 is 1. The molecule has 3 aromatic carbocycles. The minimum absolute atomic E-state index is 0.0876. The Morgan fingerprint density at radius 1 is 1.06 bits per heavy atom. The maximum atomic E-state index is 12.8. The van der Waals surface area contributed by atoms with Crippen LogP contribution in [-0.4, -0.2) is 39.1 Å². The summed E-state index contributed by atoms with van der Waals surface area (Å²) >= 11 is 3.29. The zero-order valence-electron chi connectivity index (χ0n) is 19.0. The van der Waals surface area contributed by atoms with Crippen molar-refractivity contribution in [3.8, 4) is 23.3 Å². The number of amides is 1. The van der Waals surface area contributed by atoms with Gasteiger partial charge in [0.25, 0.3) is 5.91 Å². The van der Waals surface area contributed by atoms with Gasteiger partial charge >= 0.3 is 0 Å². The van der Waals surface area contributed by atoms with Crippen molar-refractivity contribution in [1.82, 2.24) is 5.48 Å². The Morgan fingerprint density at radius 3 is 2.34 bits per heavy atom. The molecule has 0 aliphatic rings. The monoisotopic (exact) mass is 558 g/mol. The van der Waals surface area contributed by atoms with Gasteiger partial charge in [0.2, 0.25) is 0 Å². The molecule has 0 aromatic heterocycles. The number of carbonyl (C=O) groups excluding carboxylic acids is 1. The number of hydrogen-bond donors (Lipinski definition) is 3. The lowest BCUT2D eigenvalue weighted by molar-refractivity contribution is 0.0707. The molecule has 8 nitrogen and oxygen atoms in total. The summed E-state index contributed by atoms with van der Waals surface area (Å²) in [6.07, 6.45) is 0. The van der Waals surface area contributed by atoms with Crippen LogP contribution in [0.15, 0.2) is 70.0 Å². The highest BCUT2D eigenvalue weighted by atomic mass is 79.9. The molecule has 0 radical (unpaired) electrons. The topological polar surface area (TPSA) is 114 Å². The SMILES string of the molecule is COc1ccc(C#CCOc2ccc(S(=O)(=O)CNc3c(C)cc(Br)cc3C(=O)NO)cc2)cc1. The standard InChI is InChI=1S/C25H23BrN2O6S/c1-17-14-19(26)15-23(25(29)28-30)24(17)27-16-35(31,32)22-11-9-21(10-12-22)34-13-3-4-18-5-7-20(33-2)8-6-18/h5-12,14-15,27,30H,13,16H2,1-2H3,(H,28,29). The van der Waals surface area contributed by atoms with Crippen LogP contribution in [0.2, 0.25) is 0 Å². The van der Waals surface area contributed by atoms with E-state index in [1.165, 1.54) is 18.2 Å². The first-order valence-electron chi connectivity index (χ1n) is 10.3. The third-order valence-electron chi connectivity index (χ3n) is 4.90. The summed E-state index contributed by atoms with van der Waals surface area (Å²) in [5, 5.41) is 11.8. The number of anilines is 1. The van der Waals surface area contributed by atoms with Gasteiger partial charge in [-0.05, 0) is 73.2 Å². The Morgan fingerprint density at radius 2 is 1.71 bits per heavy atom. The van der Waals surface area contributed by atoms with E-state index in [0.29, 0.717) is 21.5 Å². The molecule has 3 rings (SSSR count). The molecule has 0 unspecified atom stereocenters. The first-order chi connectivity index (χ1) is 16.7. The first-order valence-corrected chi connectivity index (χ1v) is 12.7. The van der Waals surface area contributed by atoms with Gasteiger partial charge in [0.05, 0.1) is 23.3 Å². The second-order valence-electron chi connectivity index (χ2n) is 7.31. The number of benzene rings is 3. The lowest BCUT2D eigenvalue weighted by Crippen LogP contribution is -2.23. The van der Waals surface area contributed by atoms with Crippen molar-refractivity contribution >= 4 is 37.4 Å². The number of nitrogens with one attached hydrogen (secondary N) is 2. The number of ether oxygens (including phenoxy) is 2. The molecule has 0 saturated carbocycles. The maximum Gasteiger partial charge on any atom is 0.276 e. The maximum absolute atomic E-state index is 12.8. The van der Waals surface area contributed by atoms with Gasteiger partial charge in [-0.1, -0.05) is 27.8 Å². The number of sulfone groups is 1. The highest BCUT2D eigenvalue weighted by molar-refractivity contribution is 9.10. The molecule has 1 amide bonds. The van der Waals surface area contributed by atoms with E-state index in [1.807, 2.05) is 24.3 Å². The number of hydrogen-bond acceptors (Lipinski definition) is 7. The Labute approximate surface area is 212 Å². The van der Waals surface area contributed by atoms with Gasteiger partial charge in [-0.2, -0.15) is 0 Å². The summed E-state index contributed by atoms with van der Waals surface area (Å²) in [5.41, 5.74) is 3.43. The second kappa shape index (κ2) is 11.8. The van der Waals surface area contributed by atoms with E-state index in [-0.39, 0.29) is 17.1 Å². The molecule has 0 aliphatic heterocycles. The van der Waals surface area contributed by atoms with E-state index in [9.17, 15) is 13.2 Å². The first kappa shape index (κ1) is 26.1. The van der Waals surface area contributed by atoms with Crippen LogP contribution in [0.5, 0.6) is 11.5 Å². The molecule has 0 fully saturated rings. The Balaban J connectivity index is 1.63. The van der Waals surface area contributed by atoms with E-state index >= 15 is 0 Å². The van der Waals surface area contributed by atoms with Crippen LogP contribution in [0.25, 0.3) is 0 Å². The summed E-state index contributed by atoms with van der Waals surface area (Å²) in [5.74, 6) is 5.90. The van der Waals surface area contributed by atoms with Crippen molar-refractivity contribution in [3.05, 3.63) is 81.8 Å². The van der Waals surface area contributed by atoms with E-state index in [0.717, 1.165) is 11.3 Å². The number of halogens is 1. The molecule has 3 N–H and O–H groups in total. The fraction of sp³-hybridized carbons (Fsp3) is 0.160. The zero-order valence-corrected chi connectivity index (χ0v) is 21.4. The number of carbonyl (C=O) groups is 1. The van der Waals surface area contributed by atoms with Crippen molar-refractivity contribution < 1.29 is 27.9 Å². The molecule has 182 valence electrons. The van der Waals surface area contributed by atoms with Crippen molar-refractivity contribution in [3.63, 3.8) is 0 Å². The number of rotatable bonds is 8. The number of aryl methyl sites for hydroxylation is 1. The van der Waals surface area contributed by atoms with Crippen LogP contribution in [0.3, 0.4) is 0 Å². The molecule has 3 aromatic rings. The van der Waals surface area contributed by atoms with Gasteiger partial charge < -0.3 is 14.8 Å². The minimum atomic E-state index is -3.73. The van der Waals surface area contributed by atoms with Crippen molar-refractivity contribution in [1.29, 1.82) is 0 Å². The molecule has 0 atom stereocenters. The predicted molar refractivity (Wildman–Crippen MR) is 136 cm³/mol. The fourth-order valence-electron chi connectivity index (χ4n) is 3.14. The minimum Gasteiger partial charge on any atom is -0.497 e. The highest BCUT2D eigenvalue weighted by Crippen LogP contribution is 2.27. The van der Waals surface area contributed by atoms with E-state index < -0.39 is 21.6 Å². The molecular weight excluding hydrogens is 536 g/mol. The average molecular weight is 559 g/mol. The molecule has 0 heterocycles. The fourth-order valence-corrected chi connectivity index (χ4v) is 4.77. The van der Waals surface area contributed by atoms with Crippen molar-refractivity contribution in [2.75, 3.05) is 24.9 Å². The molecule has 0 saturated heterocycles. The van der Waals surface area contributed by atoms with Gasteiger partial charge in [-0.3, -0.25) is 10.0 Å². The van der Waals surface area contributed by atoms with Crippen LogP contribution in [0, 0.1) is 18.8 Å². The average Bonchev–Trinajstić information content (AvgIpc) is 2.85. The van der Waals surface area contributed by atoms with Crippen LogP contribution in [0.4, 0.5) is 5.69 Å². The smallest absolute Gasteiger partial charge is 0.276 e. The van der Waals surface area contributed by atoms with Crippen LogP contribution >= 0.6 is 15.9 Å². The van der Waals surface area contributed by atoms with Crippen LogP contribution < -0.4 is 20.3 Å². The normalized spacial score (nSPS) is 10.6. The second-order valence-corrected chi connectivity index (χ2v) is 10.2. The molecule has 0 spiro atoms. The Bertz CT molecular complexity index is 1360. The van der Waals surface area contributed by atoms with E-state index in [4.69, 9.17) is 14.7 Å². The van der Waals surface area contributed by atoms with Gasteiger partial charge in [-0.15, -0.1) is 0 Å². The largest absolute Gasteiger partial charge is 0.497 e. The summed E-state index contributed by atoms with van der Waals surface area (Å²) in [6.45, 7) is 1.86. The van der Waals surface area contributed by atoms with Crippen molar-refractivity contribution in [2.45, 2.75) is 11.8 Å². The van der Waals surface area contributed by atoms with Crippen LogP contribution in [0.1, 0.15) is 21.5 Å². The summed E-state index contributed by atoms with van der Waals surface area (Å²) < 4.78 is 36.9. The van der Waals surface area contributed by atoms with Gasteiger partial charge in [0, 0.05) is 10.0 Å². The lowest BCUT2D eigenvalue weighted by Gasteiger charge is -2.15. The Kier molecular flexibility index (Phi) is 8.76. The molecule has 35 heavy (non-hydrogen) atoms. The van der Waals surface area contributed by atoms with Gasteiger partial charge in [0.1, 0.15) is 24.0 Å². The van der Waals surface area contributed by atoms with Crippen molar-refractivity contribution in [2.24, 2.45) is 0 Å². The third kappa shape index (κ3) is 6.99. The zero-order chi connectivity index (χ0) is 25.4. The molecule has 0 bridgehead atoms. The highest BCUT2D eigenvalue weighted by Gasteiger charge is 2.19. The molecule has 10 heteroatoms. The van der Waals surface area contributed by atoms with E-state index in [1.54, 1.807) is 37.7 Å². The van der Waals surface area contributed by atoms with Gasteiger partial charge in [-0.25, -0.2) is 13.9 Å². The van der Waals surface area contributed by atoms with E-state index in [2.05, 4.69) is 33.1 Å².